The van der Waals surface area contributed by atoms with E-state index in [1.807, 2.05) is 0 Å². The number of hydrogen-bond donors (Lipinski definition) is 1. The highest BCUT2D eigenvalue weighted by atomic mass is 16.4. The highest BCUT2D eigenvalue weighted by Crippen LogP contribution is 2.22. The average Bonchev–Trinajstić information content (AvgIpc) is 2.24. The molecule has 0 aromatic rings. The van der Waals surface area contributed by atoms with Crippen LogP contribution in [0.2, 0.25) is 0 Å². The summed E-state index contributed by atoms with van der Waals surface area (Å²) in [6.07, 6.45) is 1.61. The molecule has 2 atom stereocenters. The van der Waals surface area contributed by atoms with Gasteiger partial charge in [0.2, 0.25) is 0 Å². The molecule has 1 rings (SSSR count). The van der Waals surface area contributed by atoms with E-state index in [0.29, 0.717) is 0 Å². The largest absolute Gasteiger partial charge is 0.550 e. The smallest absolute Gasteiger partial charge is 0.160 e. The number of ketones is 1. The number of Topliss-reactive ketones (excluding diaryl/α,β-unsaturated/α-hetero) is 1. The van der Waals surface area contributed by atoms with Crippen molar-refractivity contribution in [3.05, 3.63) is 23.8 Å². The number of aliphatic carboxylic acids is 2. The molecule has 1 aliphatic carbocycles. The van der Waals surface area contributed by atoms with Crippen LogP contribution in [0.25, 0.3) is 0 Å². The Bertz CT molecular complexity index is 406. The summed E-state index contributed by atoms with van der Waals surface area (Å²) in [7, 11) is 0. The van der Waals surface area contributed by atoms with Gasteiger partial charge in [0.1, 0.15) is 0 Å². The quantitative estimate of drug-likeness (QED) is 0.557. The zero-order valence-corrected chi connectivity index (χ0v) is 8.79. The van der Waals surface area contributed by atoms with Crippen molar-refractivity contribution in [3.8, 4) is 0 Å². The Kier molecular flexibility index (Phi) is 4.17. The van der Waals surface area contributed by atoms with Gasteiger partial charge in [0, 0.05) is 18.0 Å². The monoisotopic (exact) mass is 238 g/mol. The van der Waals surface area contributed by atoms with Crippen LogP contribution < -0.4 is 10.2 Å². The topological polar surface area (TPSA) is 118 Å². The number of carboxylic acid groups (broad SMARTS) is 2. The third kappa shape index (κ3) is 3.25. The van der Waals surface area contributed by atoms with Crippen LogP contribution in [0.5, 0.6) is 0 Å². The van der Waals surface area contributed by atoms with Gasteiger partial charge in [-0.2, -0.15) is 0 Å². The molecule has 17 heavy (non-hydrogen) atoms. The second kappa shape index (κ2) is 5.40. The standard InChI is InChI=1S/C11H12O6/c12-7(4-5-9(14)15)6-2-1-3-8(13)10(6)11(16)17/h1-3,8,10,13H,4-5H2,(H,14,15)(H,16,17)/p-2/t8-,10-/m1/s1. The molecule has 1 N–H and O–H groups in total. The van der Waals surface area contributed by atoms with E-state index in [9.17, 15) is 29.7 Å². The summed E-state index contributed by atoms with van der Waals surface area (Å²) >= 11 is 0. The maximum Gasteiger partial charge on any atom is 0.160 e. The number of rotatable bonds is 5. The fourth-order valence-corrected chi connectivity index (χ4v) is 1.56. The van der Waals surface area contributed by atoms with Crippen molar-refractivity contribution in [1.29, 1.82) is 0 Å². The van der Waals surface area contributed by atoms with E-state index in [-0.39, 0.29) is 12.0 Å². The predicted octanol–water partition coefficient (Wildman–Crippen LogP) is -2.69. The minimum absolute atomic E-state index is 0.152. The fourth-order valence-electron chi connectivity index (χ4n) is 1.56. The molecule has 6 nitrogen and oxygen atoms in total. The Morgan fingerprint density at radius 3 is 2.41 bits per heavy atom. The van der Waals surface area contributed by atoms with Gasteiger partial charge in [-0.25, -0.2) is 0 Å². The van der Waals surface area contributed by atoms with Crippen LogP contribution in [0.4, 0.5) is 0 Å². The Morgan fingerprint density at radius 1 is 1.24 bits per heavy atom. The van der Waals surface area contributed by atoms with Crippen LogP contribution in [0.3, 0.4) is 0 Å². The summed E-state index contributed by atoms with van der Waals surface area (Å²) in [5.74, 6) is -5.06. The fraction of sp³-hybridized carbons (Fsp3) is 0.364. The molecule has 0 aromatic heterocycles. The lowest BCUT2D eigenvalue weighted by Crippen LogP contribution is -2.41. The number of hydrogen-bond acceptors (Lipinski definition) is 6. The SMILES string of the molecule is O=C([O-])CCC(=O)C1=CC=C[C@@H](O)[C@@H]1C(=O)[O-]. The molecule has 0 aliphatic heterocycles. The summed E-state index contributed by atoms with van der Waals surface area (Å²) in [4.78, 5) is 32.5. The summed E-state index contributed by atoms with van der Waals surface area (Å²) in [6, 6.07) is 0. The van der Waals surface area contributed by atoms with Gasteiger partial charge < -0.3 is 24.9 Å². The predicted molar refractivity (Wildman–Crippen MR) is 51.0 cm³/mol. The third-order valence-corrected chi connectivity index (χ3v) is 2.39. The molecular formula is C11H10O6-2. The van der Waals surface area contributed by atoms with Crippen LogP contribution >= 0.6 is 0 Å². The highest BCUT2D eigenvalue weighted by Gasteiger charge is 2.28. The summed E-state index contributed by atoms with van der Waals surface area (Å²) in [5, 5.41) is 30.4. The molecule has 0 spiro atoms. The molecule has 0 radical (unpaired) electrons. The molecular weight excluding hydrogens is 228 g/mol. The van der Waals surface area contributed by atoms with Crippen LogP contribution in [0.15, 0.2) is 23.8 Å². The lowest BCUT2D eigenvalue weighted by atomic mass is 9.85. The molecule has 0 fully saturated rings. The first-order chi connectivity index (χ1) is 7.93. The van der Waals surface area contributed by atoms with Crippen molar-refractivity contribution < 1.29 is 29.7 Å². The molecule has 0 saturated heterocycles. The van der Waals surface area contributed by atoms with E-state index in [0.717, 1.165) is 0 Å². The summed E-state index contributed by atoms with van der Waals surface area (Å²) in [5.41, 5.74) is -0.152. The molecule has 0 amide bonds. The molecule has 0 saturated carbocycles. The lowest BCUT2D eigenvalue weighted by molar-refractivity contribution is -0.312. The number of carbonyl (C=O) groups excluding carboxylic acids is 3. The number of carbonyl (C=O) groups is 3. The van der Waals surface area contributed by atoms with Gasteiger partial charge in [-0.15, -0.1) is 0 Å². The summed E-state index contributed by atoms with van der Waals surface area (Å²) in [6.45, 7) is 0. The van der Waals surface area contributed by atoms with Gasteiger partial charge >= 0.3 is 0 Å². The zero-order valence-electron chi connectivity index (χ0n) is 8.79. The van der Waals surface area contributed by atoms with Gasteiger partial charge in [-0.1, -0.05) is 18.2 Å². The van der Waals surface area contributed by atoms with E-state index in [1.165, 1.54) is 18.2 Å². The maximum atomic E-state index is 11.6. The van der Waals surface area contributed by atoms with E-state index in [2.05, 4.69) is 0 Å². The van der Waals surface area contributed by atoms with Crippen molar-refractivity contribution in [2.45, 2.75) is 18.9 Å². The normalized spacial score (nSPS) is 23.0. The van der Waals surface area contributed by atoms with E-state index in [4.69, 9.17) is 0 Å². The molecule has 1 aliphatic rings. The van der Waals surface area contributed by atoms with Crippen molar-refractivity contribution in [1.82, 2.24) is 0 Å². The van der Waals surface area contributed by atoms with Crippen molar-refractivity contribution in [2.75, 3.05) is 0 Å². The number of carboxylic acids is 2. The van der Waals surface area contributed by atoms with Crippen LogP contribution in [0, 0.1) is 5.92 Å². The first kappa shape index (κ1) is 13.1. The minimum Gasteiger partial charge on any atom is -0.550 e. The molecule has 0 bridgehead atoms. The molecule has 0 aromatic carbocycles. The van der Waals surface area contributed by atoms with Gasteiger partial charge in [-0.3, -0.25) is 4.79 Å². The van der Waals surface area contributed by atoms with E-state index < -0.39 is 36.2 Å². The van der Waals surface area contributed by atoms with Gasteiger partial charge in [0.05, 0.1) is 18.0 Å². The zero-order chi connectivity index (χ0) is 13.0. The van der Waals surface area contributed by atoms with Crippen molar-refractivity contribution in [2.24, 2.45) is 5.92 Å². The maximum absolute atomic E-state index is 11.6. The second-order valence-electron chi connectivity index (χ2n) is 3.59. The molecule has 0 heterocycles. The third-order valence-electron chi connectivity index (χ3n) is 2.39. The molecule has 92 valence electrons. The van der Waals surface area contributed by atoms with Crippen LogP contribution in [-0.2, 0) is 14.4 Å². The lowest BCUT2D eigenvalue weighted by Gasteiger charge is -2.26. The second-order valence-corrected chi connectivity index (χ2v) is 3.59. The van der Waals surface area contributed by atoms with Gasteiger partial charge in [-0.05, 0) is 6.42 Å². The van der Waals surface area contributed by atoms with Crippen LogP contribution in [0.1, 0.15) is 12.8 Å². The Labute approximate surface area is 96.9 Å². The van der Waals surface area contributed by atoms with E-state index in [1.54, 1.807) is 0 Å². The van der Waals surface area contributed by atoms with Gasteiger partial charge in [0.25, 0.3) is 0 Å². The van der Waals surface area contributed by atoms with Crippen molar-refractivity contribution in [3.63, 3.8) is 0 Å². The highest BCUT2D eigenvalue weighted by molar-refractivity contribution is 6.01. The van der Waals surface area contributed by atoms with E-state index >= 15 is 0 Å². The minimum atomic E-state index is -1.57. The Balaban J connectivity index is 2.82. The number of allylic oxidation sites excluding steroid dienone is 2. The molecule has 0 unspecified atom stereocenters. The first-order valence-corrected chi connectivity index (χ1v) is 4.94. The molecule has 6 heteroatoms. The Morgan fingerprint density at radius 2 is 1.88 bits per heavy atom. The summed E-state index contributed by atoms with van der Waals surface area (Å²) < 4.78 is 0. The number of aliphatic hydroxyl groups is 1. The average molecular weight is 238 g/mol. The van der Waals surface area contributed by atoms with Crippen LogP contribution in [-0.4, -0.2) is 28.9 Å². The first-order valence-electron chi connectivity index (χ1n) is 4.94. The van der Waals surface area contributed by atoms with Gasteiger partial charge in [0.15, 0.2) is 5.78 Å². The van der Waals surface area contributed by atoms with Crippen molar-refractivity contribution >= 4 is 17.7 Å². The number of aliphatic hydroxyl groups excluding tert-OH is 1. The Hall–Kier alpha value is -1.95.